The average molecular weight is 340 g/mol. The fraction of sp³-hybridized carbons (Fsp3) is 0.917. The van der Waals surface area contributed by atoms with E-state index in [0.29, 0.717) is 10.8 Å². The largest absolute Gasteiger partial charge is 0.150 e. The molecular formula is C24H41B. The van der Waals surface area contributed by atoms with Crippen LogP contribution in [0.25, 0.3) is 0 Å². The van der Waals surface area contributed by atoms with E-state index < -0.39 is 0 Å². The maximum atomic E-state index is 2.62. The van der Waals surface area contributed by atoms with Gasteiger partial charge in [0.25, 0.3) is 0 Å². The molecule has 25 heavy (non-hydrogen) atoms. The lowest BCUT2D eigenvalue weighted by molar-refractivity contribution is -0.107. The van der Waals surface area contributed by atoms with E-state index in [-0.39, 0.29) is 0 Å². The maximum absolute atomic E-state index is 2.62. The number of fused-ring (bicyclic) bond motifs is 4. The Morgan fingerprint density at radius 1 is 0.800 bits per heavy atom. The summed E-state index contributed by atoms with van der Waals surface area (Å²) in [4.78, 5) is 0. The zero-order valence-electron chi connectivity index (χ0n) is 17.9. The first-order chi connectivity index (χ1) is 11.7. The summed E-state index contributed by atoms with van der Waals surface area (Å²) in [5, 5.41) is 0. The minimum Gasteiger partial charge on any atom is -0.0960 e. The van der Waals surface area contributed by atoms with Gasteiger partial charge in [0, 0.05) is 0 Å². The van der Waals surface area contributed by atoms with E-state index in [1.807, 2.05) is 0 Å². The monoisotopic (exact) mass is 340 g/mol. The third-order valence-corrected chi connectivity index (χ3v) is 10.6. The first kappa shape index (κ1) is 18.2. The zero-order chi connectivity index (χ0) is 18.1. The Bertz CT molecular complexity index is 502. The van der Waals surface area contributed by atoms with Gasteiger partial charge < -0.3 is 0 Å². The molecule has 0 N–H and O–H groups in total. The standard InChI is InChI=1S/C24H41B/c1-8-9-10-25(21-13-17-11-19(15(21)2)23(17,4)5)22-14-18-12-20(16(22)3)24(18,6)7/h8-9,15-22H,10-14H2,1-7H3/b9-8+/t15-,16-,17+,18+,19+,20+,21+,22+/m1/s1. The minimum atomic E-state index is 0.628. The van der Waals surface area contributed by atoms with Crippen LogP contribution in [0.1, 0.15) is 74.1 Å². The van der Waals surface area contributed by atoms with Crippen LogP contribution >= 0.6 is 0 Å². The molecule has 0 saturated heterocycles. The van der Waals surface area contributed by atoms with E-state index >= 15 is 0 Å². The van der Waals surface area contributed by atoms with Crippen molar-refractivity contribution in [1.82, 2.24) is 0 Å². The van der Waals surface area contributed by atoms with Gasteiger partial charge in [-0.1, -0.05) is 84.5 Å². The Morgan fingerprint density at radius 2 is 1.24 bits per heavy atom. The van der Waals surface area contributed by atoms with Crippen molar-refractivity contribution < 1.29 is 0 Å². The summed E-state index contributed by atoms with van der Waals surface area (Å²) in [5.41, 5.74) is 1.26. The molecule has 0 aromatic heterocycles. The van der Waals surface area contributed by atoms with Crippen LogP contribution in [0.5, 0.6) is 0 Å². The van der Waals surface area contributed by atoms with Gasteiger partial charge in [-0.25, -0.2) is 0 Å². The SMILES string of the molecule is C/C=C/CB([C@H]1C[C@@H]2C[C@@H]([C@H]1C)C2(C)C)[C@H]1C[C@@H]2C[C@@H]([C@H]1C)C2(C)C. The van der Waals surface area contributed by atoms with Crippen LogP contribution in [0.3, 0.4) is 0 Å². The van der Waals surface area contributed by atoms with Crippen LogP contribution in [0.2, 0.25) is 18.0 Å². The maximum Gasteiger partial charge on any atom is 0.150 e. The Hall–Kier alpha value is -0.195. The van der Waals surface area contributed by atoms with E-state index in [1.54, 1.807) is 0 Å². The summed E-state index contributed by atoms with van der Waals surface area (Å²) in [6.45, 7) is 18.6. The van der Waals surface area contributed by atoms with E-state index in [4.69, 9.17) is 0 Å². The Kier molecular flexibility index (Phi) is 4.29. The van der Waals surface area contributed by atoms with Crippen molar-refractivity contribution in [3.05, 3.63) is 12.2 Å². The fourth-order valence-electron chi connectivity index (χ4n) is 8.47. The molecule has 0 aliphatic heterocycles. The lowest BCUT2D eigenvalue weighted by Crippen LogP contribution is -2.59. The Balaban J connectivity index is 1.56. The molecule has 4 bridgehead atoms. The second kappa shape index (κ2) is 5.90. The van der Waals surface area contributed by atoms with E-state index in [9.17, 15) is 0 Å². The predicted octanol–water partition coefficient (Wildman–Crippen LogP) is 7.20. The number of allylic oxidation sites excluding steroid dienone is 2. The van der Waals surface area contributed by atoms with Crippen molar-refractivity contribution in [3.8, 4) is 0 Å². The second-order valence-corrected chi connectivity index (χ2v) is 11.7. The number of hydrogen-bond donors (Lipinski definition) is 0. The molecule has 0 unspecified atom stereocenters. The predicted molar refractivity (Wildman–Crippen MR) is 111 cm³/mol. The van der Waals surface area contributed by atoms with Gasteiger partial charge in [-0.15, -0.1) is 0 Å². The highest BCUT2D eigenvalue weighted by Crippen LogP contribution is 2.69. The van der Waals surface area contributed by atoms with Crippen LogP contribution in [0, 0.1) is 46.3 Å². The van der Waals surface area contributed by atoms with Gasteiger partial charge in [0.1, 0.15) is 0 Å². The van der Waals surface area contributed by atoms with Gasteiger partial charge in [-0.3, -0.25) is 0 Å². The van der Waals surface area contributed by atoms with Crippen molar-refractivity contribution in [1.29, 1.82) is 0 Å². The quantitative estimate of drug-likeness (QED) is 0.375. The molecule has 0 aromatic rings. The highest BCUT2D eigenvalue weighted by molar-refractivity contribution is 6.62. The molecule has 6 fully saturated rings. The van der Waals surface area contributed by atoms with Gasteiger partial charge >= 0.3 is 0 Å². The molecule has 0 nitrogen and oxygen atoms in total. The van der Waals surface area contributed by atoms with Crippen LogP contribution in [-0.4, -0.2) is 6.71 Å². The molecule has 8 atom stereocenters. The molecule has 140 valence electrons. The zero-order valence-corrected chi connectivity index (χ0v) is 17.9. The van der Waals surface area contributed by atoms with Gasteiger partial charge in [0.2, 0.25) is 0 Å². The molecule has 6 aliphatic carbocycles. The first-order valence-corrected chi connectivity index (χ1v) is 11.3. The van der Waals surface area contributed by atoms with Crippen molar-refractivity contribution in [2.75, 3.05) is 0 Å². The van der Waals surface area contributed by atoms with Crippen molar-refractivity contribution in [2.45, 2.75) is 92.1 Å². The molecule has 6 saturated carbocycles. The van der Waals surface area contributed by atoms with Crippen LogP contribution in [0.15, 0.2) is 12.2 Å². The first-order valence-electron chi connectivity index (χ1n) is 11.3. The number of hydrogen-bond acceptors (Lipinski definition) is 0. The number of rotatable bonds is 4. The average Bonchev–Trinajstić information content (AvgIpc) is 2.56. The highest BCUT2D eigenvalue weighted by atomic mass is 14.6. The smallest absolute Gasteiger partial charge is 0.0960 e. The highest BCUT2D eigenvalue weighted by Gasteiger charge is 2.61. The topological polar surface area (TPSA) is 0 Å². The molecule has 6 aliphatic rings. The minimum absolute atomic E-state index is 0.628. The van der Waals surface area contributed by atoms with Crippen LogP contribution < -0.4 is 0 Å². The molecule has 0 heterocycles. The Labute approximate surface area is 157 Å². The lowest BCUT2D eigenvalue weighted by Gasteiger charge is -2.66. The summed E-state index contributed by atoms with van der Waals surface area (Å²) >= 11 is 0. The molecule has 0 aromatic carbocycles. The van der Waals surface area contributed by atoms with E-state index in [2.05, 4.69) is 60.6 Å². The molecular weight excluding hydrogens is 299 g/mol. The summed E-state index contributed by atoms with van der Waals surface area (Å²) in [5.74, 6) is 7.86. The van der Waals surface area contributed by atoms with Crippen molar-refractivity contribution in [2.24, 2.45) is 46.3 Å². The summed E-state index contributed by atoms with van der Waals surface area (Å²) < 4.78 is 0. The van der Waals surface area contributed by atoms with Crippen LogP contribution in [0.4, 0.5) is 0 Å². The summed E-state index contributed by atoms with van der Waals surface area (Å²) in [7, 11) is 0. The van der Waals surface area contributed by atoms with E-state index in [1.165, 1.54) is 32.0 Å². The van der Waals surface area contributed by atoms with Gasteiger partial charge in [-0.2, -0.15) is 0 Å². The molecule has 0 radical (unpaired) electrons. The fourth-order valence-corrected chi connectivity index (χ4v) is 8.47. The molecule has 0 spiro atoms. The van der Waals surface area contributed by atoms with E-state index in [0.717, 1.165) is 53.9 Å². The van der Waals surface area contributed by atoms with Gasteiger partial charge in [-0.05, 0) is 66.1 Å². The molecule has 0 amide bonds. The normalized spacial score (nSPS) is 49.4. The summed E-state index contributed by atoms with van der Waals surface area (Å²) in [6, 6.07) is 0. The third-order valence-electron chi connectivity index (χ3n) is 10.6. The lowest BCUT2D eigenvalue weighted by atomic mass is 9.20. The van der Waals surface area contributed by atoms with Gasteiger partial charge in [0.15, 0.2) is 6.71 Å². The molecule has 1 heteroatoms. The summed E-state index contributed by atoms with van der Waals surface area (Å²) in [6.07, 6.45) is 12.3. The van der Waals surface area contributed by atoms with Gasteiger partial charge in [0.05, 0.1) is 0 Å². The third kappa shape index (κ3) is 2.46. The van der Waals surface area contributed by atoms with Crippen LogP contribution in [-0.2, 0) is 0 Å². The van der Waals surface area contributed by atoms with Crippen molar-refractivity contribution >= 4 is 6.71 Å². The second-order valence-electron chi connectivity index (χ2n) is 11.7. The molecule has 6 rings (SSSR count). The Morgan fingerprint density at radius 3 is 1.56 bits per heavy atom. The van der Waals surface area contributed by atoms with Crippen molar-refractivity contribution in [3.63, 3.8) is 0 Å².